The van der Waals surface area contributed by atoms with Crippen LogP contribution in [-0.2, 0) is 9.53 Å². The fourth-order valence-electron chi connectivity index (χ4n) is 2.50. The molecule has 2 rings (SSSR count). The summed E-state index contributed by atoms with van der Waals surface area (Å²) >= 11 is 0. The molecule has 1 aliphatic rings. The number of carbonyl (C=O) groups is 1. The van der Waals surface area contributed by atoms with Crippen molar-refractivity contribution in [3.8, 4) is 0 Å². The van der Waals surface area contributed by atoms with Crippen LogP contribution in [0.15, 0.2) is 6.07 Å². The van der Waals surface area contributed by atoms with Crippen LogP contribution in [0.2, 0.25) is 0 Å². The van der Waals surface area contributed by atoms with Crippen LogP contribution < -0.4 is 10.2 Å². The molecule has 6 heteroatoms. The summed E-state index contributed by atoms with van der Waals surface area (Å²) in [4.78, 5) is 22.7. The Bertz CT molecular complexity index is 519. The van der Waals surface area contributed by atoms with Crippen LogP contribution in [0.3, 0.4) is 0 Å². The number of amides is 1. The number of rotatable bonds is 5. The maximum atomic E-state index is 11.1. The van der Waals surface area contributed by atoms with Crippen molar-refractivity contribution in [1.29, 1.82) is 0 Å². The van der Waals surface area contributed by atoms with Crippen molar-refractivity contribution < 1.29 is 9.53 Å². The molecule has 1 saturated heterocycles. The lowest BCUT2D eigenvalue weighted by molar-refractivity contribution is -0.119. The molecule has 0 unspecified atom stereocenters. The van der Waals surface area contributed by atoms with E-state index < -0.39 is 0 Å². The van der Waals surface area contributed by atoms with Crippen molar-refractivity contribution in [2.24, 2.45) is 0 Å². The number of aromatic nitrogens is 2. The average Bonchev–Trinajstić information content (AvgIpc) is 2.52. The van der Waals surface area contributed by atoms with Crippen molar-refractivity contribution in [3.05, 3.63) is 17.6 Å². The third kappa shape index (κ3) is 4.89. The molecule has 1 atom stereocenters. The summed E-state index contributed by atoms with van der Waals surface area (Å²) in [6.45, 7) is 12.8. The first-order valence-electron chi connectivity index (χ1n) is 8.36. The second-order valence-corrected chi connectivity index (χ2v) is 6.69. The highest BCUT2D eigenvalue weighted by Gasteiger charge is 2.23. The topological polar surface area (TPSA) is 67.4 Å². The zero-order valence-corrected chi connectivity index (χ0v) is 14.8. The molecular weight excluding hydrogens is 292 g/mol. The number of anilines is 1. The maximum absolute atomic E-state index is 11.1. The lowest BCUT2D eigenvalue weighted by Gasteiger charge is -2.34. The van der Waals surface area contributed by atoms with Crippen LogP contribution in [0.4, 0.5) is 5.82 Å². The predicted molar refractivity (Wildman–Crippen MR) is 90.8 cm³/mol. The Morgan fingerprint density at radius 2 is 2.09 bits per heavy atom. The van der Waals surface area contributed by atoms with Gasteiger partial charge in [-0.05, 0) is 5.92 Å². The van der Waals surface area contributed by atoms with E-state index in [0.717, 1.165) is 30.4 Å². The number of morpholine rings is 1. The Kier molecular flexibility index (Phi) is 5.93. The third-order valence-electron chi connectivity index (χ3n) is 3.90. The zero-order valence-electron chi connectivity index (χ0n) is 14.8. The average molecular weight is 320 g/mol. The number of carbonyl (C=O) groups excluding carboxylic acids is 1. The van der Waals surface area contributed by atoms with Gasteiger partial charge in [0.25, 0.3) is 0 Å². The molecule has 1 fully saturated rings. The molecule has 1 amide bonds. The minimum Gasteiger partial charge on any atom is -0.373 e. The number of nitrogens with one attached hydrogen (secondary N) is 1. The summed E-state index contributed by atoms with van der Waals surface area (Å²) in [5, 5.41) is 2.82. The zero-order chi connectivity index (χ0) is 17.0. The number of ether oxygens (including phenoxy) is 1. The quantitative estimate of drug-likeness (QED) is 0.899. The standard InChI is InChI=1S/C17H28N4O2/c1-11(2)15-8-16(20-17(19-15)12(3)4)21-6-7-23-14(10-21)9-18-13(5)22/h8,11-12,14H,6-7,9-10H2,1-5H3,(H,18,22)/t14-/m1/s1. The van der Waals surface area contributed by atoms with Gasteiger partial charge in [-0.25, -0.2) is 9.97 Å². The molecule has 23 heavy (non-hydrogen) atoms. The minimum atomic E-state index is -0.0306. The number of hydrogen-bond donors (Lipinski definition) is 1. The molecule has 1 aliphatic heterocycles. The molecule has 1 aromatic heterocycles. The van der Waals surface area contributed by atoms with Gasteiger partial charge in [-0.3, -0.25) is 4.79 Å². The lowest BCUT2D eigenvalue weighted by Crippen LogP contribution is -2.47. The fraction of sp³-hybridized carbons (Fsp3) is 0.706. The molecule has 2 heterocycles. The van der Waals surface area contributed by atoms with Crippen molar-refractivity contribution in [3.63, 3.8) is 0 Å². The van der Waals surface area contributed by atoms with E-state index >= 15 is 0 Å². The Labute approximate surface area is 138 Å². The van der Waals surface area contributed by atoms with Gasteiger partial charge in [-0.1, -0.05) is 27.7 Å². The summed E-state index contributed by atoms with van der Waals surface area (Å²) in [5.41, 5.74) is 1.07. The van der Waals surface area contributed by atoms with Gasteiger partial charge in [0.1, 0.15) is 11.6 Å². The smallest absolute Gasteiger partial charge is 0.216 e. The van der Waals surface area contributed by atoms with E-state index in [1.165, 1.54) is 6.92 Å². The summed E-state index contributed by atoms with van der Waals surface area (Å²) < 4.78 is 5.74. The first-order valence-corrected chi connectivity index (χ1v) is 8.36. The molecule has 0 saturated carbocycles. The molecule has 1 aromatic rings. The first kappa shape index (κ1) is 17.7. The van der Waals surface area contributed by atoms with Gasteiger partial charge in [0, 0.05) is 44.2 Å². The van der Waals surface area contributed by atoms with Gasteiger partial charge in [0.2, 0.25) is 5.91 Å². The van der Waals surface area contributed by atoms with E-state index in [-0.39, 0.29) is 12.0 Å². The minimum absolute atomic E-state index is 0.00684. The molecule has 0 spiro atoms. The summed E-state index contributed by atoms with van der Waals surface area (Å²) in [6.07, 6.45) is -0.00684. The van der Waals surface area contributed by atoms with Crippen molar-refractivity contribution in [2.45, 2.75) is 52.6 Å². The van der Waals surface area contributed by atoms with E-state index in [2.05, 4.69) is 49.0 Å². The van der Waals surface area contributed by atoms with Gasteiger partial charge in [-0.2, -0.15) is 0 Å². The Balaban J connectivity index is 2.17. The fourth-order valence-corrected chi connectivity index (χ4v) is 2.50. The Hall–Kier alpha value is -1.69. The maximum Gasteiger partial charge on any atom is 0.216 e. The SMILES string of the molecule is CC(=O)NC[C@@H]1CN(c2cc(C(C)C)nc(C(C)C)n2)CCO1. The van der Waals surface area contributed by atoms with Crippen LogP contribution in [-0.4, -0.2) is 48.2 Å². The molecule has 1 N–H and O–H groups in total. The van der Waals surface area contributed by atoms with E-state index in [0.29, 0.717) is 25.0 Å². The van der Waals surface area contributed by atoms with Gasteiger partial charge < -0.3 is 15.0 Å². The highest BCUT2D eigenvalue weighted by molar-refractivity contribution is 5.72. The third-order valence-corrected chi connectivity index (χ3v) is 3.90. The largest absolute Gasteiger partial charge is 0.373 e. The number of hydrogen-bond acceptors (Lipinski definition) is 5. The Morgan fingerprint density at radius 1 is 1.35 bits per heavy atom. The van der Waals surface area contributed by atoms with E-state index in [9.17, 15) is 4.79 Å². The molecule has 0 bridgehead atoms. The molecule has 128 valence electrons. The highest BCUT2D eigenvalue weighted by Crippen LogP contribution is 2.23. The van der Waals surface area contributed by atoms with Crippen LogP contribution in [0.1, 0.15) is 58.0 Å². The first-order chi connectivity index (χ1) is 10.9. The monoisotopic (exact) mass is 320 g/mol. The van der Waals surface area contributed by atoms with Crippen LogP contribution in [0.25, 0.3) is 0 Å². The predicted octanol–water partition coefficient (Wildman–Crippen LogP) is 2.06. The second kappa shape index (κ2) is 7.73. The summed E-state index contributed by atoms with van der Waals surface area (Å²) in [5.74, 6) is 2.48. The van der Waals surface area contributed by atoms with Gasteiger partial charge in [0.15, 0.2) is 0 Å². The van der Waals surface area contributed by atoms with Crippen molar-refractivity contribution >= 4 is 11.7 Å². The van der Waals surface area contributed by atoms with Crippen molar-refractivity contribution in [1.82, 2.24) is 15.3 Å². The van der Waals surface area contributed by atoms with Crippen molar-refractivity contribution in [2.75, 3.05) is 31.1 Å². The highest BCUT2D eigenvalue weighted by atomic mass is 16.5. The second-order valence-electron chi connectivity index (χ2n) is 6.69. The molecule has 0 aliphatic carbocycles. The van der Waals surface area contributed by atoms with Crippen LogP contribution in [0, 0.1) is 0 Å². The van der Waals surface area contributed by atoms with Gasteiger partial charge in [-0.15, -0.1) is 0 Å². The molecular formula is C17H28N4O2. The van der Waals surface area contributed by atoms with Gasteiger partial charge >= 0.3 is 0 Å². The summed E-state index contributed by atoms with van der Waals surface area (Å²) in [6, 6.07) is 2.08. The normalized spacial score (nSPS) is 18.6. The molecule has 0 radical (unpaired) electrons. The van der Waals surface area contributed by atoms with E-state index in [1.54, 1.807) is 0 Å². The van der Waals surface area contributed by atoms with Crippen LogP contribution in [0.5, 0.6) is 0 Å². The molecule has 0 aromatic carbocycles. The lowest BCUT2D eigenvalue weighted by atomic mass is 10.1. The number of nitrogens with zero attached hydrogens (tertiary/aromatic N) is 3. The Morgan fingerprint density at radius 3 is 2.70 bits per heavy atom. The van der Waals surface area contributed by atoms with Crippen LogP contribution >= 0.6 is 0 Å². The van der Waals surface area contributed by atoms with E-state index in [4.69, 9.17) is 9.72 Å². The van der Waals surface area contributed by atoms with Gasteiger partial charge in [0.05, 0.1) is 12.7 Å². The summed E-state index contributed by atoms with van der Waals surface area (Å²) in [7, 11) is 0. The van der Waals surface area contributed by atoms with E-state index in [1.807, 2.05) is 0 Å². The molecule has 6 nitrogen and oxygen atoms in total.